The predicted octanol–water partition coefficient (Wildman–Crippen LogP) is 3.17. The van der Waals surface area contributed by atoms with E-state index >= 15 is 0 Å². The lowest BCUT2D eigenvalue weighted by Crippen LogP contribution is -2.14. The Hall–Kier alpha value is -2.66. The van der Waals surface area contributed by atoms with E-state index in [-0.39, 0.29) is 11.1 Å². The molecule has 0 radical (unpaired) electrons. The zero-order valence-electron chi connectivity index (χ0n) is 10.9. The van der Waals surface area contributed by atoms with E-state index in [1.165, 1.54) is 12.3 Å². The number of carbonyl (C=O) groups excluding carboxylic acids is 1. The number of rotatable bonds is 3. The standard InChI is InChI=1S/C15H11ClN4O/c16-14-10-11(6-8-17-14)15(21)19-12-4-1-2-5-13(12)20-9-3-7-18-20/h1-10H,(H,19,21). The van der Waals surface area contributed by atoms with Gasteiger partial charge in [-0.05, 0) is 30.3 Å². The van der Waals surface area contributed by atoms with E-state index in [0.717, 1.165) is 5.69 Å². The Bertz CT molecular complexity index is 771. The maximum absolute atomic E-state index is 12.3. The van der Waals surface area contributed by atoms with Gasteiger partial charge in [0.25, 0.3) is 5.91 Å². The SMILES string of the molecule is O=C(Nc1ccccc1-n1cccn1)c1ccnc(Cl)c1. The minimum absolute atomic E-state index is 0.251. The number of aromatic nitrogens is 3. The molecule has 0 saturated heterocycles. The highest BCUT2D eigenvalue weighted by Crippen LogP contribution is 2.20. The van der Waals surface area contributed by atoms with Crippen LogP contribution in [0.3, 0.4) is 0 Å². The van der Waals surface area contributed by atoms with Crippen molar-refractivity contribution in [2.24, 2.45) is 0 Å². The zero-order valence-corrected chi connectivity index (χ0v) is 11.7. The summed E-state index contributed by atoms with van der Waals surface area (Å²) in [5, 5.41) is 7.31. The Morgan fingerprint density at radius 2 is 2.00 bits per heavy atom. The highest BCUT2D eigenvalue weighted by molar-refractivity contribution is 6.29. The van der Waals surface area contributed by atoms with Gasteiger partial charge < -0.3 is 5.32 Å². The highest BCUT2D eigenvalue weighted by atomic mass is 35.5. The predicted molar refractivity (Wildman–Crippen MR) is 80.8 cm³/mol. The van der Waals surface area contributed by atoms with Crippen molar-refractivity contribution in [3.8, 4) is 5.69 Å². The first-order valence-corrected chi connectivity index (χ1v) is 6.64. The van der Waals surface area contributed by atoms with E-state index in [1.54, 1.807) is 16.9 Å². The Morgan fingerprint density at radius 3 is 2.76 bits per heavy atom. The second kappa shape index (κ2) is 5.76. The quantitative estimate of drug-likeness (QED) is 0.756. The minimum Gasteiger partial charge on any atom is -0.320 e. The highest BCUT2D eigenvalue weighted by Gasteiger charge is 2.10. The topological polar surface area (TPSA) is 59.8 Å². The van der Waals surface area contributed by atoms with Crippen LogP contribution in [0.2, 0.25) is 5.15 Å². The van der Waals surface area contributed by atoms with Crippen LogP contribution in [0.15, 0.2) is 61.1 Å². The summed E-state index contributed by atoms with van der Waals surface area (Å²) in [5.41, 5.74) is 1.90. The van der Waals surface area contributed by atoms with Gasteiger partial charge in [-0.25, -0.2) is 9.67 Å². The normalized spacial score (nSPS) is 10.3. The number of hydrogen-bond donors (Lipinski definition) is 1. The molecule has 3 rings (SSSR count). The third kappa shape index (κ3) is 2.93. The minimum atomic E-state index is -0.251. The maximum atomic E-state index is 12.3. The van der Waals surface area contributed by atoms with Gasteiger partial charge in [0, 0.05) is 24.2 Å². The van der Waals surface area contributed by atoms with Crippen LogP contribution in [0.25, 0.3) is 5.69 Å². The first kappa shape index (κ1) is 13.3. The van der Waals surface area contributed by atoms with Crippen molar-refractivity contribution < 1.29 is 4.79 Å². The van der Waals surface area contributed by atoms with Gasteiger partial charge in [0.05, 0.1) is 11.4 Å². The Balaban J connectivity index is 1.90. The molecule has 1 N–H and O–H groups in total. The van der Waals surface area contributed by atoms with Gasteiger partial charge in [-0.1, -0.05) is 23.7 Å². The molecule has 0 aliphatic heterocycles. The summed E-state index contributed by atoms with van der Waals surface area (Å²) in [5.74, 6) is -0.251. The van der Waals surface area contributed by atoms with Crippen LogP contribution < -0.4 is 5.32 Å². The number of hydrogen-bond acceptors (Lipinski definition) is 3. The van der Waals surface area contributed by atoms with Crippen LogP contribution in [0.1, 0.15) is 10.4 Å². The van der Waals surface area contributed by atoms with Crippen LogP contribution in [0.5, 0.6) is 0 Å². The number of nitrogens with one attached hydrogen (secondary N) is 1. The molecule has 1 aromatic carbocycles. The van der Waals surface area contributed by atoms with Crippen molar-refractivity contribution in [3.05, 3.63) is 71.8 Å². The first-order chi connectivity index (χ1) is 10.2. The molecule has 104 valence electrons. The summed E-state index contributed by atoms with van der Waals surface area (Å²) in [6.45, 7) is 0. The van der Waals surface area contributed by atoms with Crippen molar-refractivity contribution in [1.82, 2.24) is 14.8 Å². The van der Waals surface area contributed by atoms with Crippen LogP contribution in [-0.2, 0) is 0 Å². The number of para-hydroxylation sites is 2. The Kier molecular flexibility index (Phi) is 3.66. The molecule has 3 aromatic rings. The molecule has 5 nitrogen and oxygen atoms in total. The fourth-order valence-corrected chi connectivity index (χ4v) is 2.10. The maximum Gasteiger partial charge on any atom is 0.255 e. The van der Waals surface area contributed by atoms with Gasteiger partial charge >= 0.3 is 0 Å². The molecule has 0 saturated carbocycles. The number of anilines is 1. The van der Waals surface area contributed by atoms with Crippen molar-refractivity contribution in [2.45, 2.75) is 0 Å². The molecule has 0 bridgehead atoms. The van der Waals surface area contributed by atoms with Crippen molar-refractivity contribution in [1.29, 1.82) is 0 Å². The average molecular weight is 299 g/mol. The van der Waals surface area contributed by atoms with Crippen molar-refractivity contribution >= 4 is 23.2 Å². The summed E-state index contributed by atoms with van der Waals surface area (Å²) < 4.78 is 1.69. The van der Waals surface area contributed by atoms with Gasteiger partial charge in [0.15, 0.2) is 0 Å². The second-order valence-electron chi connectivity index (χ2n) is 4.29. The molecule has 0 spiro atoms. The molecule has 0 atom stereocenters. The molecular weight excluding hydrogens is 288 g/mol. The smallest absolute Gasteiger partial charge is 0.255 e. The summed E-state index contributed by atoms with van der Waals surface area (Å²) in [6.07, 6.45) is 4.99. The first-order valence-electron chi connectivity index (χ1n) is 6.26. The summed E-state index contributed by atoms with van der Waals surface area (Å²) in [4.78, 5) is 16.1. The van der Waals surface area contributed by atoms with Crippen LogP contribution in [0.4, 0.5) is 5.69 Å². The van der Waals surface area contributed by atoms with Gasteiger partial charge in [0.2, 0.25) is 0 Å². The average Bonchev–Trinajstić information content (AvgIpc) is 3.02. The fraction of sp³-hybridized carbons (Fsp3) is 0. The molecule has 2 aromatic heterocycles. The molecule has 0 unspecified atom stereocenters. The fourth-order valence-electron chi connectivity index (χ4n) is 1.93. The number of pyridine rings is 1. The number of carbonyl (C=O) groups is 1. The largest absolute Gasteiger partial charge is 0.320 e. The number of amides is 1. The molecule has 1 amide bonds. The van der Waals surface area contributed by atoms with Gasteiger partial charge in [0.1, 0.15) is 5.15 Å². The van der Waals surface area contributed by atoms with Crippen LogP contribution in [0, 0.1) is 0 Å². The molecule has 2 heterocycles. The van der Waals surface area contributed by atoms with E-state index in [2.05, 4.69) is 15.4 Å². The van der Waals surface area contributed by atoms with Crippen molar-refractivity contribution in [3.63, 3.8) is 0 Å². The third-order valence-electron chi connectivity index (χ3n) is 2.89. The van der Waals surface area contributed by atoms with E-state index in [9.17, 15) is 4.79 Å². The molecule has 6 heteroatoms. The Morgan fingerprint density at radius 1 is 1.14 bits per heavy atom. The molecule has 0 aliphatic rings. The van der Waals surface area contributed by atoms with E-state index < -0.39 is 0 Å². The molecule has 21 heavy (non-hydrogen) atoms. The van der Waals surface area contributed by atoms with Crippen molar-refractivity contribution in [2.75, 3.05) is 5.32 Å². The second-order valence-corrected chi connectivity index (χ2v) is 4.68. The van der Waals surface area contributed by atoms with Gasteiger partial charge in [-0.3, -0.25) is 4.79 Å². The summed E-state index contributed by atoms with van der Waals surface area (Å²) in [6, 6.07) is 12.4. The van der Waals surface area contributed by atoms with Gasteiger partial charge in [-0.15, -0.1) is 0 Å². The van der Waals surface area contributed by atoms with E-state index in [1.807, 2.05) is 36.5 Å². The lowest BCUT2D eigenvalue weighted by atomic mass is 10.2. The monoisotopic (exact) mass is 298 g/mol. The number of halogens is 1. The lowest BCUT2D eigenvalue weighted by molar-refractivity contribution is 0.102. The van der Waals surface area contributed by atoms with E-state index in [4.69, 9.17) is 11.6 Å². The summed E-state index contributed by atoms with van der Waals surface area (Å²) in [7, 11) is 0. The van der Waals surface area contributed by atoms with Crippen LogP contribution in [-0.4, -0.2) is 20.7 Å². The number of nitrogens with zero attached hydrogens (tertiary/aromatic N) is 3. The van der Waals surface area contributed by atoms with Crippen LogP contribution >= 0.6 is 11.6 Å². The lowest BCUT2D eigenvalue weighted by Gasteiger charge is -2.11. The molecule has 0 fully saturated rings. The van der Waals surface area contributed by atoms with Gasteiger partial charge in [-0.2, -0.15) is 5.10 Å². The third-order valence-corrected chi connectivity index (χ3v) is 3.10. The summed E-state index contributed by atoms with van der Waals surface area (Å²) >= 11 is 5.80. The molecular formula is C15H11ClN4O. The molecule has 0 aliphatic carbocycles. The zero-order chi connectivity index (χ0) is 14.7. The Labute approximate surface area is 126 Å². The number of benzene rings is 1. The van der Waals surface area contributed by atoms with E-state index in [0.29, 0.717) is 11.3 Å².